The normalized spacial score (nSPS) is 18.2. The molecule has 0 bridgehead atoms. The van der Waals surface area contributed by atoms with Crippen LogP contribution in [0.2, 0.25) is 0 Å². The van der Waals surface area contributed by atoms with Gasteiger partial charge in [-0.25, -0.2) is 10.9 Å². The van der Waals surface area contributed by atoms with E-state index in [1.165, 1.54) is 11.9 Å². The van der Waals surface area contributed by atoms with Gasteiger partial charge in [0.25, 0.3) is 5.91 Å². The monoisotopic (exact) mass is 431 g/mol. The van der Waals surface area contributed by atoms with Gasteiger partial charge in [-0.05, 0) is 71.9 Å². The molecule has 3 N–H and O–H groups in total. The molecular weight excluding hydrogens is 406 g/mol. The lowest BCUT2D eigenvalue weighted by Crippen LogP contribution is -2.44. The van der Waals surface area contributed by atoms with Crippen molar-refractivity contribution in [1.29, 1.82) is 0 Å². The third-order valence-corrected chi connectivity index (χ3v) is 6.36. The van der Waals surface area contributed by atoms with Gasteiger partial charge in [0.05, 0.1) is 11.1 Å². The van der Waals surface area contributed by atoms with Crippen LogP contribution in [-0.4, -0.2) is 25.2 Å². The van der Waals surface area contributed by atoms with Gasteiger partial charge in [-0.15, -0.1) is 0 Å². The number of anilines is 1. The highest BCUT2D eigenvalue weighted by molar-refractivity contribution is 6.03. The Morgan fingerprint density at radius 3 is 2.69 bits per heavy atom. The zero-order valence-electron chi connectivity index (χ0n) is 18.1. The topological polar surface area (TPSA) is 93.9 Å². The molecule has 2 aromatic carbocycles. The molecule has 1 heterocycles. The number of hydrazine groups is 1. The number of allylic oxidation sites excluding steroid dienone is 2. The quantitative estimate of drug-likeness (QED) is 0.430. The summed E-state index contributed by atoms with van der Waals surface area (Å²) in [6.07, 6.45) is 5.57. The summed E-state index contributed by atoms with van der Waals surface area (Å²) >= 11 is 0. The van der Waals surface area contributed by atoms with Gasteiger partial charge >= 0.3 is 0 Å². The van der Waals surface area contributed by atoms with Crippen LogP contribution in [-0.2, 0) is 15.0 Å². The first-order valence-corrected chi connectivity index (χ1v) is 10.7. The number of nitrogens with zero attached hydrogens (tertiary/aromatic N) is 1. The molecule has 2 amide bonds. The van der Waals surface area contributed by atoms with E-state index in [1.807, 2.05) is 49.4 Å². The molecular formula is C25H25N3O4. The van der Waals surface area contributed by atoms with Gasteiger partial charge in [-0.2, -0.15) is 0 Å². The smallest absolute Gasteiger partial charge is 0.251 e. The summed E-state index contributed by atoms with van der Waals surface area (Å²) in [4.78, 5) is 24.6. The first-order valence-electron chi connectivity index (χ1n) is 10.7. The highest BCUT2D eigenvalue weighted by Gasteiger charge is 2.53. The molecule has 0 radical (unpaired) electrons. The standard InChI is InChI=1S/C25H25N3O4/c1-15-11-17-12-19(4-5-21(17)20(15)7-10-27-16(2)29)28(26)24(30)25(8-9-25)18-3-6-22-23(13-18)32-14-31-22/h3-7,11-13H,8-10,14,26H2,1-2H3,(H,27,29)/b20-7-. The maximum Gasteiger partial charge on any atom is 0.251 e. The molecule has 164 valence electrons. The largest absolute Gasteiger partial charge is 0.454 e. The fourth-order valence-corrected chi connectivity index (χ4v) is 4.45. The van der Waals surface area contributed by atoms with Crippen LogP contribution in [0.15, 0.2) is 48.0 Å². The summed E-state index contributed by atoms with van der Waals surface area (Å²) in [5, 5.41) is 4.05. The van der Waals surface area contributed by atoms with Crippen molar-refractivity contribution in [2.75, 3.05) is 18.3 Å². The zero-order chi connectivity index (χ0) is 22.5. The van der Waals surface area contributed by atoms with Gasteiger partial charge in [0, 0.05) is 13.5 Å². The fraction of sp³-hybridized carbons (Fsp3) is 0.280. The average Bonchev–Trinajstić information content (AvgIpc) is 3.35. The number of benzene rings is 2. The van der Waals surface area contributed by atoms with E-state index in [4.69, 9.17) is 15.3 Å². The number of hydrogen-bond acceptors (Lipinski definition) is 5. The van der Waals surface area contributed by atoms with Gasteiger partial charge in [-0.1, -0.05) is 24.3 Å². The Labute approximate surface area is 186 Å². The number of rotatable bonds is 5. The molecule has 3 aliphatic rings. The van der Waals surface area contributed by atoms with Crippen molar-refractivity contribution in [2.45, 2.75) is 32.1 Å². The second-order valence-corrected chi connectivity index (χ2v) is 8.48. The Kier molecular flexibility index (Phi) is 4.78. The summed E-state index contributed by atoms with van der Waals surface area (Å²) in [6.45, 7) is 4.20. The number of carbonyl (C=O) groups is 2. The Balaban J connectivity index is 1.39. The number of nitrogens with two attached hydrogens (primary N) is 1. The number of hydrogen-bond donors (Lipinski definition) is 2. The summed E-state index contributed by atoms with van der Waals surface area (Å²) in [5.41, 5.74) is 5.18. The minimum absolute atomic E-state index is 0.0641. The third kappa shape index (κ3) is 3.35. The summed E-state index contributed by atoms with van der Waals surface area (Å²) < 4.78 is 10.9. The summed E-state index contributed by atoms with van der Waals surface area (Å²) in [7, 11) is 0. The Morgan fingerprint density at radius 1 is 1.16 bits per heavy atom. The van der Waals surface area contributed by atoms with Gasteiger partial charge in [0.15, 0.2) is 11.5 Å². The van der Waals surface area contributed by atoms with Crippen molar-refractivity contribution in [2.24, 2.45) is 5.84 Å². The molecule has 0 spiro atoms. The van der Waals surface area contributed by atoms with E-state index in [2.05, 4.69) is 11.4 Å². The number of nitrogens with one attached hydrogen (secondary N) is 1. The van der Waals surface area contributed by atoms with Gasteiger partial charge < -0.3 is 14.8 Å². The summed E-state index contributed by atoms with van der Waals surface area (Å²) in [6, 6.07) is 11.4. The molecule has 7 heteroatoms. The molecule has 2 aliphatic carbocycles. The maximum absolute atomic E-state index is 13.4. The zero-order valence-corrected chi connectivity index (χ0v) is 18.1. The average molecular weight is 431 g/mol. The first-order chi connectivity index (χ1) is 15.4. The molecule has 0 saturated heterocycles. The van der Waals surface area contributed by atoms with Crippen molar-refractivity contribution < 1.29 is 19.1 Å². The van der Waals surface area contributed by atoms with E-state index in [0.717, 1.165) is 40.7 Å². The van der Waals surface area contributed by atoms with Crippen molar-refractivity contribution >= 4 is 29.2 Å². The molecule has 0 unspecified atom stereocenters. The second kappa shape index (κ2) is 7.53. The van der Waals surface area contributed by atoms with E-state index in [1.54, 1.807) is 0 Å². The van der Waals surface area contributed by atoms with Crippen molar-refractivity contribution in [3.05, 3.63) is 64.7 Å². The van der Waals surface area contributed by atoms with Crippen molar-refractivity contribution in [1.82, 2.24) is 5.32 Å². The molecule has 1 saturated carbocycles. The Hall–Kier alpha value is -3.58. The van der Waals surface area contributed by atoms with E-state index < -0.39 is 5.41 Å². The number of amides is 2. The predicted molar refractivity (Wildman–Crippen MR) is 122 cm³/mol. The lowest BCUT2D eigenvalue weighted by atomic mass is 9.94. The highest BCUT2D eigenvalue weighted by Crippen LogP contribution is 2.52. The van der Waals surface area contributed by atoms with Crippen molar-refractivity contribution in [3.63, 3.8) is 0 Å². The van der Waals surface area contributed by atoms with Crippen LogP contribution in [0.1, 0.15) is 43.4 Å². The Morgan fingerprint density at radius 2 is 1.94 bits per heavy atom. The van der Waals surface area contributed by atoms with Gasteiger partial charge in [0.2, 0.25) is 12.7 Å². The number of carbonyl (C=O) groups excluding carboxylic acids is 2. The van der Waals surface area contributed by atoms with Crippen LogP contribution in [0.3, 0.4) is 0 Å². The first kappa shape index (κ1) is 20.3. The van der Waals surface area contributed by atoms with Gasteiger partial charge in [0.1, 0.15) is 0 Å². The van der Waals surface area contributed by atoms with Crippen LogP contribution in [0.25, 0.3) is 11.6 Å². The SMILES string of the molecule is CC(=O)NC/C=C1/C(C)=Cc2cc(N(N)C(=O)C3(c4ccc5c(c4)OCO5)CC3)ccc21. The fourth-order valence-electron chi connectivity index (χ4n) is 4.45. The lowest BCUT2D eigenvalue weighted by Gasteiger charge is -2.24. The molecule has 2 aromatic rings. The molecule has 5 rings (SSSR count). The number of fused-ring (bicyclic) bond motifs is 2. The summed E-state index contributed by atoms with van der Waals surface area (Å²) in [5.74, 6) is 7.51. The third-order valence-electron chi connectivity index (χ3n) is 6.36. The molecule has 1 fully saturated rings. The molecule has 0 aromatic heterocycles. The van der Waals surface area contributed by atoms with E-state index >= 15 is 0 Å². The van der Waals surface area contributed by atoms with Crippen molar-refractivity contribution in [3.8, 4) is 11.5 Å². The predicted octanol–water partition coefficient (Wildman–Crippen LogP) is 3.29. The van der Waals surface area contributed by atoms with Gasteiger partial charge in [-0.3, -0.25) is 9.59 Å². The van der Waals surface area contributed by atoms with Crippen LogP contribution >= 0.6 is 0 Å². The van der Waals surface area contributed by atoms with Crippen LogP contribution in [0.4, 0.5) is 5.69 Å². The second-order valence-electron chi connectivity index (χ2n) is 8.48. The van der Waals surface area contributed by atoms with E-state index in [-0.39, 0.29) is 18.6 Å². The molecule has 1 aliphatic heterocycles. The minimum Gasteiger partial charge on any atom is -0.454 e. The van der Waals surface area contributed by atoms with E-state index in [9.17, 15) is 9.59 Å². The molecule has 32 heavy (non-hydrogen) atoms. The number of ether oxygens (including phenoxy) is 2. The molecule has 7 nitrogen and oxygen atoms in total. The lowest BCUT2D eigenvalue weighted by molar-refractivity contribution is -0.121. The molecule has 0 atom stereocenters. The van der Waals surface area contributed by atoms with Crippen LogP contribution < -0.4 is 25.6 Å². The Bertz CT molecular complexity index is 1190. The maximum atomic E-state index is 13.4. The minimum atomic E-state index is -0.621. The van der Waals surface area contributed by atoms with Crippen LogP contribution in [0.5, 0.6) is 11.5 Å². The van der Waals surface area contributed by atoms with E-state index in [0.29, 0.717) is 23.7 Å². The van der Waals surface area contributed by atoms with Crippen LogP contribution in [0, 0.1) is 0 Å². The highest BCUT2D eigenvalue weighted by atomic mass is 16.7.